The third kappa shape index (κ3) is 7.25. The maximum absolute atomic E-state index is 12.3. The van der Waals surface area contributed by atoms with Crippen LogP contribution in [0, 0.1) is 0 Å². The average Bonchev–Trinajstić information content (AvgIpc) is 2.53. The number of carbonyl (C=O) groups excluding carboxylic acids is 2. The van der Waals surface area contributed by atoms with Gasteiger partial charge in [0.05, 0.1) is 18.2 Å². The average molecular weight is 410 g/mol. The summed E-state index contributed by atoms with van der Waals surface area (Å²) < 4.78 is 40.9. The zero-order chi connectivity index (χ0) is 18.4. The number of carboxylic acid groups (broad SMARTS) is 1. The maximum Gasteiger partial charge on any atom is 1.00 e. The Morgan fingerprint density at radius 3 is 2.54 bits per heavy atom. The molecule has 1 aromatic carbocycles. The number of nitrogens with zero attached hydrogens (tertiary/aromatic N) is 1. The van der Waals surface area contributed by atoms with Crippen LogP contribution in [-0.2, 0) is 4.79 Å². The number of pyridine rings is 1. The number of rotatable bonds is 6. The molecule has 0 spiro atoms. The molecule has 1 heterocycles. The van der Waals surface area contributed by atoms with E-state index in [1.165, 1.54) is 36.5 Å². The topological polar surface area (TPSA) is 91.3 Å². The third-order valence-corrected chi connectivity index (χ3v) is 3.63. The second kappa shape index (κ2) is 10.3. The minimum Gasteiger partial charge on any atom is -0.545 e. The van der Waals surface area contributed by atoms with E-state index >= 15 is 0 Å². The molecule has 0 aliphatic rings. The van der Waals surface area contributed by atoms with Crippen LogP contribution in [-0.4, -0.2) is 29.0 Å². The van der Waals surface area contributed by atoms with E-state index in [1.54, 1.807) is 0 Å². The van der Waals surface area contributed by atoms with Crippen molar-refractivity contribution < 1.29 is 84.0 Å². The molecule has 1 aromatic heterocycles. The molecule has 0 saturated heterocycles. The molecule has 0 unspecified atom stereocenters. The van der Waals surface area contributed by atoms with Gasteiger partial charge in [-0.1, -0.05) is 12.1 Å². The summed E-state index contributed by atoms with van der Waals surface area (Å²) in [6.07, 6.45) is -3.56. The predicted octanol–water partition coefficient (Wildman–Crippen LogP) is -0.921. The van der Waals surface area contributed by atoms with Crippen molar-refractivity contribution in [2.75, 3.05) is 11.9 Å². The number of alkyl halides is 3. The van der Waals surface area contributed by atoms with Gasteiger partial charge in [-0.25, -0.2) is 4.98 Å². The number of carboxylic acids is 1. The number of halogens is 3. The quantitative estimate of drug-likeness (QED) is 0.487. The number of thioether (sulfide) groups is 1. The zero-order valence-corrected chi connectivity index (χ0v) is 17.3. The molecule has 0 aliphatic carbocycles. The van der Waals surface area contributed by atoms with Crippen LogP contribution in [0.1, 0.15) is 10.4 Å². The van der Waals surface area contributed by atoms with Gasteiger partial charge >= 0.3 is 57.7 Å². The molecule has 0 atom stereocenters. The molecule has 0 saturated carbocycles. The van der Waals surface area contributed by atoms with E-state index in [9.17, 15) is 27.9 Å². The van der Waals surface area contributed by atoms with Gasteiger partial charge in [0.25, 0.3) is 0 Å². The molecule has 2 rings (SSSR count). The number of para-hydroxylation sites is 2. The van der Waals surface area contributed by atoms with Crippen LogP contribution >= 0.6 is 11.8 Å². The summed E-state index contributed by atoms with van der Waals surface area (Å²) in [6, 6.07) is 7.84. The molecule has 0 amide bonds. The summed E-state index contributed by atoms with van der Waals surface area (Å²) in [5, 5.41) is 12.9. The number of carbonyl (C=O) groups is 2. The van der Waals surface area contributed by atoms with Crippen molar-refractivity contribution >= 4 is 28.5 Å². The third-order valence-electron chi connectivity index (χ3n) is 2.74. The summed E-state index contributed by atoms with van der Waals surface area (Å²) in [4.78, 5) is 26.7. The van der Waals surface area contributed by atoms with Gasteiger partial charge in [-0.2, -0.15) is 0 Å². The smallest absolute Gasteiger partial charge is 0.545 e. The Morgan fingerprint density at radius 1 is 1.19 bits per heavy atom. The minimum atomic E-state index is -4.87. The molecular formula is C15H10F3KN2O4S. The first-order chi connectivity index (χ1) is 11.8. The molecule has 11 heteroatoms. The molecule has 2 aromatic rings. The van der Waals surface area contributed by atoms with Crippen LogP contribution in [0.4, 0.5) is 18.9 Å². The van der Waals surface area contributed by atoms with Crippen molar-refractivity contribution in [1.29, 1.82) is 0 Å². The van der Waals surface area contributed by atoms with Gasteiger partial charge in [0.1, 0.15) is 5.03 Å². The van der Waals surface area contributed by atoms with Gasteiger partial charge in [0.15, 0.2) is 5.75 Å². The normalized spacial score (nSPS) is 10.6. The molecule has 132 valence electrons. The van der Waals surface area contributed by atoms with E-state index in [-0.39, 0.29) is 74.2 Å². The van der Waals surface area contributed by atoms with Gasteiger partial charge in [-0.05, 0) is 36.0 Å². The summed E-state index contributed by atoms with van der Waals surface area (Å²) in [7, 11) is 0. The fourth-order valence-electron chi connectivity index (χ4n) is 1.77. The Balaban J connectivity index is 0.00000338. The Labute approximate surface area is 192 Å². The van der Waals surface area contributed by atoms with Crippen molar-refractivity contribution in [2.24, 2.45) is 0 Å². The van der Waals surface area contributed by atoms with E-state index < -0.39 is 23.2 Å². The summed E-state index contributed by atoms with van der Waals surface area (Å²) in [6.45, 7) is -0.369. The first-order valence-corrected chi connectivity index (χ1v) is 7.53. The molecular weight excluding hydrogens is 400 g/mol. The Hall–Kier alpha value is -1.11. The molecule has 6 nitrogen and oxygen atoms in total. The van der Waals surface area contributed by atoms with E-state index in [1.807, 2.05) is 0 Å². The first-order valence-electron chi connectivity index (χ1n) is 6.72. The van der Waals surface area contributed by atoms with Crippen molar-refractivity contribution in [3.8, 4) is 5.75 Å². The Morgan fingerprint density at radius 2 is 1.88 bits per heavy atom. The van der Waals surface area contributed by atoms with E-state index in [0.29, 0.717) is 11.8 Å². The molecule has 26 heavy (non-hydrogen) atoms. The van der Waals surface area contributed by atoms with Crippen molar-refractivity contribution in [3.05, 3.63) is 48.2 Å². The van der Waals surface area contributed by atoms with E-state index in [0.717, 1.165) is 6.07 Å². The van der Waals surface area contributed by atoms with Gasteiger partial charge in [0.2, 0.25) is 5.12 Å². The van der Waals surface area contributed by atoms with E-state index in [2.05, 4.69) is 15.0 Å². The van der Waals surface area contributed by atoms with Crippen molar-refractivity contribution in [2.45, 2.75) is 11.4 Å². The van der Waals surface area contributed by atoms with Gasteiger partial charge in [-0.15, -0.1) is 13.2 Å². The van der Waals surface area contributed by atoms with Crippen LogP contribution in [0.2, 0.25) is 0 Å². The number of aromatic nitrogens is 1. The minimum absolute atomic E-state index is 0. The van der Waals surface area contributed by atoms with E-state index in [4.69, 9.17) is 0 Å². The van der Waals surface area contributed by atoms with Gasteiger partial charge in [-0.3, -0.25) is 4.79 Å². The number of anilines is 1. The first kappa shape index (κ1) is 22.9. The molecule has 0 fully saturated rings. The van der Waals surface area contributed by atoms with Crippen LogP contribution in [0.25, 0.3) is 0 Å². The molecule has 0 radical (unpaired) electrons. The van der Waals surface area contributed by atoms with Crippen LogP contribution < -0.4 is 66.5 Å². The van der Waals surface area contributed by atoms with Crippen LogP contribution in [0.15, 0.2) is 47.6 Å². The predicted molar refractivity (Wildman–Crippen MR) is 81.0 cm³/mol. The number of hydrogen-bond acceptors (Lipinski definition) is 7. The fraction of sp³-hybridized carbons (Fsp3) is 0.133. The maximum atomic E-state index is 12.3. The van der Waals surface area contributed by atoms with Crippen molar-refractivity contribution in [1.82, 2.24) is 4.98 Å². The van der Waals surface area contributed by atoms with Crippen LogP contribution in [0.3, 0.4) is 0 Å². The second-order valence-electron chi connectivity index (χ2n) is 4.52. The monoisotopic (exact) mass is 410 g/mol. The molecule has 0 aliphatic heterocycles. The Bertz CT molecular complexity index is 789. The second-order valence-corrected chi connectivity index (χ2v) is 5.56. The SMILES string of the molecule is O=C(CNc1ccccc1OC(F)(F)F)Sc1ncccc1C(=O)[O-].[K+]. The molecule has 1 N–H and O–H groups in total. The number of aromatic carboxylic acids is 1. The Kier molecular flexibility index (Phi) is 9.06. The van der Waals surface area contributed by atoms with Crippen LogP contribution in [0.5, 0.6) is 5.75 Å². The van der Waals surface area contributed by atoms with Crippen molar-refractivity contribution in [3.63, 3.8) is 0 Å². The van der Waals surface area contributed by atoms with Gasteiger partial charge in [0, 0.05) is 11.8 Å². The number of benzene rings is 1. The summed E-state index contributed by atoms with van der Waals surface area (Å²) >= 11 is 0.540. The number of ether oxygens (including phenoxy) is 1. The van der Waals surface area contributed by atoms with Gasteiger partial charge < -0.3 is 20.0 Å². The number of nitrogens with one attached hydrogen (secondary N) is 1. The zero-order valence-electron chi connectivity index (χ0n) is 13.4. The molecule has 0 bridgehead atoms. The fourth-order valence-corrected chi connectivity index (χ4v) is 2.50. The standard InChI is InChI=1S/C15H11F3N2O4S.K/c16-15(17,18)24-11-6-2-1-5-10(11)20-8-12(21)25-13-9(14(22)23)4-3-7-19-13;/h1-7,20H,8H2,(H,22,23);/q;+1/p-1. The summed E-state index contributed by atoms with van der Waals surface area (Å²) in [5.74, 6) is -1.97. The largest absolute Gasteiger partial charge is 1.00 e. The summed E-state index contributed by atoms with van der Waals surface area (Å²) in [5.41, 5.74) is -0.281. The number of hydrogen-bond donors (Lipinski definition) is 1.